The molecule has 0 heterocycles. The molecule has 0 spiro atoms. The summed E-state index contributed by atoms with van der Waals surface area (Å²) in [6, 6.07) is 12.0. The summed E-state index contributed by atoms with van der Waals surface area (Å²) in [5.41, 5.74) is 0. The van der Waals surface area contributed by atoms with Gasteiger partial charge in [0, 0.05) is 13.8 Å². The third-order valence-corrected chi connectivity index (χ3v) is 0.943. The Hall–Kier alpha value is -1.84. The molecule has 0 atom stereocenters. The lowest BCUT2D eigenvalue weighted by molar-refractivity contribution is -0.255. The molecule has 0 fully saturated rings. The maximum Gasteiger partial charge on any atom is 0.352 e. The number of carbonyl (C=O) groups excluding carboxylic acids is 2. The Morgan fingerprint density at radius 1 is 0.714 bits per heavy atom. The van der Waals surface area contributed by atoms with E-state index in [1.807, 2.05) is 36.4 Å². The lowest BCUT2D eigenvalue weighted by atomic mass is 10.4. The highest BCUT2D eigenvalue weighted by molar-refractivity contribution is 5.69. The first-order valence-electron chi connectivity index (χ1n) is 3.98. The molecule has 0 N–H and O–H groups in total. The molecule has 0 aliphatic carbocycles. The summed E-state index contributed by atoms with van der Waals surface area (Å²) in [7, 11) is 0. The monoisotopic (exact) mass is 196 g/mol. The Bertz CT molecular complexity index is 228. The highest BCUT2D eigenvalue weighted by Gasteiger charge is 1.95. The second-order valence-electron chi connectivity index (χ2n) is 2.30. The van der Waals surface area contributed by atoms with Gasteiger partial charge in [-0.1, -0.05) is 36.4 Å². The van der Waals surface area contributed by atoms with Crippen LogP contribution in [-0.2, 0) is 19.4 Å². The van der Waals surface area contributed by atoms with Crippen LogP contribution in [0, 0.1) is 0 Å². The fourth-order valence-electron chi connectivity index (χ4n) is 0.502. The topological polar surface area (TPSA) is 52.6 Å². The van der Waals surface area contributed by atoms with E-state index in [-0.39, 0.29) is 0 Å². The van der Waals surface area contributed by atoms with Crippen molar-refractivity contribution in [3.8, 4) is 0 Å². The Balaban J connectivity index is 0.000000249. The van der Waals surface area contributed by atoms with Crippen molar-refractivity contribution in [1.29, 1.82) is 0 Å². The number of benzene rings is 1. The molecule has 0 saturated carbocycles. The van der Waals surface area contributed by atoms with Crippen molar-refractivity contribution in [3.63, 3.8) is 0 Å². The van der Waals surface area contributed by atoms with Crippen LogP contribution in [-0.4, -0.2) is 11.9 Å². The molecular formula is C10H12O4. The molecule has 1 aromatic rings. The summed E-state index contributed by atoms with van der Waals surface area (Å²) < 4.78 is 0. The van der Waals surface area contributed by atoms with E-state index in [1.54, 1.807) is 0 Å². The van der Waals surface area contributed by atoms with Crippen molar-refractivity contribution < 1.29 is 19.4 Å². The number of carbonyl (C=O) groups is 2. The molecule has 14 heavy (non-hydrogen) atoms. The van der Waals surface area contributed by atoms with Crippen LogP contribution >= 0.6 is 0 Å². The van der Waals surface area contributed by atoms with Gasteiger partial charge in [0.15, 0.2) is 0 Å². The summed E-state index contributed by atoms with van der Waals surface area (Å²) in [5.74, 6) is -1.28. The zero-order valence-corrected chi connectivity index (χ0v) is 8.10. The van der Waals surface area contributed by atoms with Gasteiger partial charge in [0.1, 0.15) is 0 Å². The molecule has 0 aliphatic rings. The molecule has 0 aliphatic heterocycles. The van der Waals surface area contributed by atoms with E-state index in [9.17, 15) is 9.59 Å². The molecule has 0 unspecified atom stereocenters. The van der Waals surface area contributed by atoms with E-state index >= 15 is 0 Å². The van der Waals surface area contributed by atoms with Crippen LogP contribution in [0.1, 0.15) is 13.8 Å². The van der Waals surface area contributed by atoms with Crippen LogP contribution in [0.3, 0.4) is 0 Å². The van der Waals surface area contributed by atoms with E-state index in [4.69, 9.17) is 0 Å². The van der Waals surface area contributed by atoms with Crippen LogP contribution in [0.25, 0.3) is 0 Å². The molecule has 4 heteroatoms. The van der Waals surface area contributed by atoms with E-state index in [0.29, 0.717) is 0 Å². The third kappa shape index (κ3) is 10.2. The largest absolute Gasteiger partial charge is 0.352 e. The van der Waals surface area contributed by atoms with Crippen LogP contribution in [0.4, 0.5) is 0 Å². The second kappa shape index (κ2) is 7.79. The average Bonchev–Trinajstić information content (AvgIpc) is 2.18. The van der Waals surface area contributed by atoms with Gasteiger partial charge in [-0.05, 0) is 0 Å². The van der Waals surface area contributed by atoms with E-state index in [1.165, 1.54) is 0 Å². The molecule has 0 amide bonds. The number of hydrogen-bond acceptors (Lipinski definition) is 4. The highest BCUT2D eigenvalue weighted by atomic mass is 17.2. The molecule has 0 aromatic heterocycles. The van der Waals surface area contributed by atoms with E-state index < -0.39 is 11.9 Å². The van der Waals surface area contributed by atoms with E-state index in [0.717, 1.165) is 13.8 Å². The summed E-state index contributed by atoms with van der Waals surface area (Å²) in [6.45, 7) is 2.28. The first-order chi connectivity index (χ1) is 6.63. The van der Waals surface area contributed by atoms with Crippen molar-refractivity contribution in [2.75, 3.05) is 0 Å². The average molecular weight is 196 g/mol. The lowest BCUT2D eigenvalue weighted by Gasteiger charge is -1.93. The Labute approximate surface area is 82.4 Å². The van der Waals surface area contributed by atoms with Crippen molar-refractivity contribution in [2.45, 2.75) is 13.8 Å². The summed E-state index contributed by atoms with van der Waals surface area (Å²) in [6.07, 6.45) is 0. The first kappa shape index (κ1) is 12.2. The van der Waals surface area contributed by atoms with Gasteiger partial charge in [0.25, 0.3) is 0 Å². The highest BCUT2D eigenvalue weighted by Crippen LogP contribution is 1.80. The predicted octanol–water partition coefficient (Wildman–Crippen LogP) is 1.71. The van der Waals surface area contributed by atoms with E-state index in [2.05, 4.69) is 9.78 Å². The molecule has 1 aromatic carbocycles. The van der Waals surface area contributed by atoms with Crippen molar-refractivity contribution in [3.05, 3.63) is 36.4 Å². The van der Waals surface area contributed by atoms with Gasteiger partial charge in [0.05, 0.1) is 0 Å². The van der Waals surface area contributed by atoms with Gasteiger partial charge in [0.2, 0.25) is 0 Å². The smallest absolute Gasteiger partial charge is 0.248 e. The third-order valence-electron chi connectivity index (χ3n) is 0.943. The van der Waals surface area contributed by atoms with Crippen molar-refractivity contribution in [2.24, 2.45) is 0 Å². The predicted molar refractivity (Wildman–Crippen MR) is 50.0 cm³/mol. The quantitative estimate of drug-likeness (QED) is 0.468. The fraction of sp³-hybridized carbons (Fsp3) is 0.200. The first-order valence-corrected chi connectivity index (χ1v) is 3.98. The number of rotatable bonds is 0. The molecule has 4 nitrogen and oxygen atoms in total. The lowest BCUT2D eigenvalue weighted by Crippen LogP contribution is -2.03. The maximum absolute atomic E-state index is 9.85. The van der Waals surface area contributed by atoms with Crippen LogP contribution in [0.2, 0.25) is 0 Å². The normalized spacial score (nSPS) is 7.86. The minimum absolute atomic E-state index is 0.639. The van der Waals surface area contributed by atoms with Gasteiger partial charge in [-0.15, -0.1) is 0 Å². The Morgan fingerprint density at radius 3 is 1.07 bits per heavy atom. The van der Waals surface area contributed by atoms with Gasteiger partial charge >= 0.3 is 11.9 Å². The standard InChI is InChI=1S/C6H6.C4H6O4/c1-2-4-6-5-3-1;1-3(5)7-8-4(2)6/h1-6H;1-2H3. The molecule has 76 valence electrons. The van der Waals surface area contributed by atoms with Crippen LogP contribution < -0.4 is 0 Å². The molecule has 1 rings (SSSR count). The molecule has 0 radical (unpaired) electrons. The van der Waals surface area contributed by atoms with Crippen molar-refractivity contribution >= 4 is 11.9 Å². The summed E-state index contributed by atoms with van der Waals surface area (Å²) in [4.78, 5) is 27.3. The zero-order valence-electron chi connectivity index (χ0n) is 8.10. The molecule has 0 bridgehead atoms. The number of hydrogen-bond donors (Lipinski definition) is 0. The van der Waals surface area contributed by atoms with Gasteiger partial charge in [-0.2, -0.15) is 0 Å². The molecular weight excluding hydrogens is 184 g/mol. The zero-order chi connectivity index (χ0) is 10.8. The fourth-order valence-corrected chi connectivity index (χ4v) is 0.502. The maximum atomic E-state index is 9.85. The molecule has 0 saturated heterocycles. The van der Waals surface area contributed by atoms with Gasteiger partial charge in [-0.25, -0.2) is 19.4 Å². The summed E-state index contributed by atoms with van der Waals surface area (Å²) in [5, 5.41) is 0. The Morgan fingerprint density at radius 2 is 0.929 bits per heavy atom. The minimum atomic E-state index is -0.639. The van der Waals surface area contributed by atoms with Gasteiger partial charge in [-0.3, -0.25) is 0 Å². The van der Waals surface area contributed by atoms with Gasteiger partial charge < -0.3 is 0 Å². The van der Waals surface area contributed by atoms with Crippen LogP contribution in [0.5, 0.6) is 0 Å². The Kier molecular flexibility index (Phi) is 6.77. The second-order valence-corrected chi connectivity index (χ2v) is 2.30. The summed E-state index contributed by atoms with van der Waals surface area (Å²) >= 11 is 0. The SMILES string of the molecule is CC(=O)OOC(C)=O.c1ccccc1. The van der Waals surface area contributed by atoms with Crippen LogP contribution in [0.15, 0.2) is 36.4 Å². The minimum Gasteiger partial charge on any atom is -0.248 e. The van der Waals surface area contributed by atoms with Crippen molar-refractivity contribution in [1.82, 2.24) is 0 Å².